The second-order valence-corrected chi connectivity index (χ2v) is 10.8. The van der Waals surface area contributed by atoms with Gasteiger partial charge in [-0.3, -0.25) is 19.1 Å². The van der Waals surface area contributed by atoms with Crippen molar-refractivity contribution in [1.29, 1.82) is 0 Å². The summed E-state index contributed by atoms with van der Waals surface area (Å²) in [6.45, 7) is 3.97. The number of nitrogens with one attached hydrogen (secondary N) is 1. The lowest BCUT2D eigenvalue weighted by atomic mass is 10.0. The highest BCUT2D eigenvalue weighted by molar-refractivity contribution is 6.01. The van der Waals surface area contributed by atoms with E-state index in [1.165, 1.54) is 23.0 Å². The Balaban J connectivity index is 1.32. The van der Waals surface area contributed by atoms with Gasteiger partial charge in [0.05, 0.1) is 47.7 Å². The first-order valence-electron chi connectivity index (χ1n) is 14.4. The number of carbonyl (C=O) groups is 2. The number of rotatable bonds is 8. The molecule has 1 aliphatic heterocycles. The highest BCUT2D eigenvalue weighted by Gasteiger charge is 2.54. The number of benzene rings is 3. The molecule has 45 heavy (non-hydrogen) atoms. The molecular weight excluding hydrogens is 593 g/mol. The van der Waals surface area contributed by atoms with Gasteiger partial charge in [-0.1, -0.05) is 18.2 Å². The molecular formula is C32H29F3N4O6. The van der Waals surface area contributed by atoms with Crippen molar-refractivity contribution in [2.45, 2.75) is 31.7 Å². The summed E-state index contributed by atoms with van der Waals surface area (Å²) in [5.41, 5.74) is 0.855. The molecule has 13 heteroatoms. The van der Waals surface area contributed by atoms with Crippen LogP contribution in [0.1, 0.15) is 30.1 Å². The van der Waals surface area contributed by atoms with E-state index in [-0.39, 0.29) is 23.4 Å². The zero-order valence-electron chi connectivity index (χ0n) is 24.2. The van der Waals surface area contributed by atoms with Gasteiger partial charge in [-0.05, 0) is 73.4 Å². The number of nitrogens with zero attached hydrogens (tertiary/aromatic N) is 3. The lowest BCUT2D eigenvalue weighted by Gasteiger charge is -2.34. The Morgan fingerprint density at radius 2 is 1.78 bits per heavy atom. The van der Waals surface area contributed by atoms with E-state index in [0.29, 0.717) is 55.8 Å². The molecule has 6 rings (SSSR count). The molecule has 2 heterocycles. The molecule has 1 aliphatic carbocycles. The van der Waals surface area contributed by atoms with E-state index in [4.69, 9.17) is 9.47 Å². The number of aromatic nitrogens is 2. The summed E-state index contributed by atoms with van der Waals surface area (Å²) in [6.07, 6.45) is -2.60. The van der Waals surface area contributed by atoms with Gasteiger partial charge in [0.25, 0.3) is 5.56 Å². The Morgan fingerprint density at radius 1 is 1.02 bits per heavy atom. The van der Waals surface area contributed by atoms with Gasteiger partial charge in [-0.2, -0.15) is 0 Å². The highest BCUT2D eigenvalue weighted by Crippen LogP contribution is 2.44. The summed E-state index contributed by atoms with van der Waals surface area (Å²) in [5.74, 6) is -1.50. The molecule has 3 aromatic carbocycles. The minimum atomic E-state index is -5.00. The number of anilines is 1. The number of hydrogen-bond donors (Lipinski definition) is 1. The van der Waals surface area contributed by atoms with Crippen molar-refractivity contribution in [3.05, 3.63) is 82.9 Å². The quantitative estimate of drug-likeness (QED) is 0.276. The van der Waals surface area contributed by atoms with Gasteiger partial charge in [-0.15, -0.1) is 13.2 Å². The lowest BCUT2D eigenvalue weighted by Crippen LogP contribution is -2.51. The number of hydrogen-bond acceptors (Lipinski definition) is 8. The minimum Gasteiger partial charge on any atom is -0.462 e. The number of halogens is 3. The van der Waals surface area contributed by atoms with Crippen LogP contribution in [0, 0.1) is 0 Å². The molecule has 4 aromatic rings. The Morgan fingerprint density at radius 3 is 2.49 bits per heavy atom. The molecule has 0 atom stereocenters. The van der Waals surface area contributed by atoms with E-state index in [1.807, 2.05) is 11.0 Å². The predicted molar refractivity (Wildman–Crippen MR) is 158 cm³/mol. The average molecular weight is 623 g/mol. The maximum Gasteiger partial charge on any atom is 0.573 e. The summed E-state index contributed by atoms with van der Waals surface area (Å²) in [4.78, 5) is 45.6. The summed E-state index contributed by atoms with van der Waals surface area (Å²) < 4.78 is 55.7. The molecule has 1 saturated carbocycles. The third kappa shape index (κ3) is 6.26. The van der Waals surface area contributed by atoms with Crippen molar-refractivity contribution in [3.8, 4) is 22.6 Å². The Kier molecular flexibility index (Phi) is 8.06. The fourth-order valence-corrected chi connectivity index (χ4v) is 5.54. The van der Waals surface area contributed by atoms with Crippen LogP contribution in [0.3, 0.4) is 0 Å². The SMILES string of the molecule is CCOC(=O)c1cccc(-c2ccc3c(=O)n(-c4ccc(OC(F)(F)F)c(NC(=O)C5(N6CCOCC6)CC5)c4)cnc3c2)c1. The lowest BCUT2D eigenvalue weighted by molar-refractivity contribution is -0.274. The maximum atomic E-state index is 13.6. The monoisotopic (exact) mass is 622 g/mol. The minimum absolute atomic E-state index is 0.182. The molecule has 1 saturated heterocycles. The Bertz CT molecular complexity index is 1830. The summed E-state index contributed by atoms with van der Waals surface area (Å²) in [5, 5.41) is 2.89. The van der Waals surface area contributed by atoms with E-state index < -0.39 is 35.1 Å². The van der Waals surface area contributed by atoms with Crippen LogP contribution in [0.15, 0.2) is 71.8 Å². The second kappa shape index (κ2) is 12.0. The Labute approximate surface area is 255 Å². The molecule has 1 amide bonds. The molecule has 1 aromatic heterocycles. The fraction of sp³-hybridized carbons (Fsp3) is 0.312. The number of amides is 1. The van der Waals surface area contributed by atoms with Gasteiger partial charge in [0.2, 0.25) is 5.91 Å². The van der Waals surface area contributed by atoms with Crippen LogP contribution in [0.4, 0.5) is 18.9 Å². The van der Waals surface area contributed by atoms with E-state index in [0.717, 1.165) is 11.6 Å². The van der Waals surface area contributed by atoms with Crippen LogP contribution in [0.5, 0.6) is 5.75 Å². The number of esters is 1. The second-order valence-electron chi connectivity index (χ2n) is 10.8. The van der Waals surface area contributed by atoms with Crippen molar-refractivity contribution < 1.29 is 37.0 Å². The van der Waals surface area contributed by atoms with Gasteiger partial charge in [0.15, 0.2) is 5.75 Å². The molecule has 1 N–H and O–H groups in total. The third-order valence-electron chi connectivity index (χ3n) is 7.94. The molecule has 0 radical (unpaired) electrons. The van der Waals surface area contributed by atoms with Crippen LogP contribution >= 0.6 is 0 Å². The third-order valence-corrected chi connectivity index (χ3v) is 7.94. The smallest absolute Gasteiger partial charge is 0.462 e. The van der Waals surface area contributed by atoms with Crippen molar-refractivity contribution >= 4 is 28.5 Å². The number of morpholine rings is 1. The number of fused-ring (bicyclic) bond motifs is 1. The van der Waals surface area contributed by atoms with Gasteiger partial charge in [0, 0.05) is 13.1 Å². The normalized spacial score (nSPS) is 16.3. The number of ether oxygens (including phenoxy) is 3. The van der Waals surface area contributed by atoms with Gasteiger partial charge < -0.3 is 19.5 Å². The molecule has 0 spiro atoms. The Hall–Kier alpha value is -4.75. The first-order chi connectivity index (χ1) is 21.6. The van der Waals surface area contributed by atoms with Crippen LogP contribution in [-0.2, 0) is 14.3 Å². The maximum absolute atomic E-state index is 13.6. The molecule has 0 bridgehead atoms. The standard InChI is InChI=1S/C32H29F3N4O6/c1-2-44-29(41)22-5-3-4-20(16-22)21-6-8-24-25(17-21)36-19-39(28(24)40)23-7-9-27(45-32(33,34)35)26(18-23)37-30(42)31(10-11-31)38-12-14-43-15-13-38/h3-9,16-19H,2,10-15H2,1H3,(H,37,42). The zero-order chi connectivity index (χ0) is 31.8. The van der Waals surface area contributed by atoms with Crippen molar-refractivity contribution in [1.82, 2.24) is 14.5 Å². The number of alkyl halides is 3. The van der Waals surface area contributed by atoms with Crippen LogP contribution < -0.4 is 15.6 Å². The summed E-state index contributed by atoms with van der Waals surface area (Å²) in [6, 6.07) is 15.5. The molecule has 0 unspecified atom stereocenters. The van der Waals surface area contributed by atoms with Gasteiger partial charge in [-0.25, -0.2) is 9.78 Å². The molecule has 2 aliphatic rings. The van der Waals surface area contributed by atoms with Crippen LogP contribution in [0.2, 0.25) is 0 Å². The zero-order valence-corrected chi connectivity index (χ0v) is 24.2. The van der Waals surface area contributed by atoms with Crippen molar-refractivity contribution in [3.63, 3.8) is 0 Å². The van der Waals surface area contributed by atoms with Crippen molar-refractivity contribution in [2.75, 3.05) is 38.2 Å². The van der Waals surface area contributed by atoms with Crippen LogP contribution in [-0.4, -0.2) is 71.1 Å². The molecule has 2 fully saturated rings. The van der Waals surface area contributed by atoms with Crippen LogP contribution in [0.25, 0.3) is 27.7 Å². The topological polar surface area (TPSA) is 112 Å². The van der Waals surface area contributed by atoms with E-state index in [9.17, 15) is 27.6 Å². The van der Waals surface area contributed by atoms with Crippen molar-refractivity contribution in [2.24, 2.45) is 0 Å². The van der Waals surface area contributed by atoms with Gasteiger partial charge in [0.1, 0.15) is 11.9 Å². The van der Waals surface area contributed by atoms with E-state index >= 15 is 0 Å². The fourth-order valence-electron chi connectivity index (χ4n) is 5.54. The first-order valence-corrected chi connectivity index (χ1v) is 14.4. The highest BCUT2D eigenvalue weighted by atomic mass is 19.4. The van der Waals surface area contributed by atoms with E-state index in [2.05, 4.69) is 15.0 Å². The molecule has 10 nitrogen and oxygen atoms in total. The van der Waals surface area contributed by atoms with E-state index in [1.54, 1.807) is 43.3 Å². The summed E-state index contributed by atoms with van der Waals surface area (Å²) >= 11 is 0. The molecule has 234 valence electrons. The van der Waals surface area contributed by atoms with Gasteiger partial charge >= 0.3 is 12.3 Å². The largest absolute Gasteiger partial charge is 0.573 e. The average Bonchev–Trinajstić information content (AvgIpc) is 3.84. The summed E-state index contributed by atoms with van der Waals surface area (Å²) in [7, 11) is 0. The number of carbonyl (C=O) groups excluding carboxylic acids is 2. The first kappa shape index (κ1) is 30.3. The predicted octanol–water partition coefficient (Wildman–Crippen LogP) is 4.93.